The van der Waals surface area contributed by atoms with E-state index in [2.05, 4.69) is 4.98 Å². The third-order valence-electron chi connectivity index (χ3n) is 4.31. The first-order valence-electron chi connectivity index (χ1n) is 8.12. The first-order valence-corrected chi connectivity index (χ1v) is 8.50. The van der Waals surface area contributed by atoms with Gasteiger partial charge in [-0.15, -0.1) is 0 Å². The van der Waals surface area contributed by atoms with Gasteiger partial charge in [-0.25, -0.2) is 0 Å². The molecule has 2 heterocycles. The van der Waals surface area contributed by atoms with Crippen LogP contribution in [0.1, 0.15) is 31.3 Å². The van der Waals surface area contributed by atoms with Gasteiger partial charge >= 0.3 is 0 Å². The van der Waals surface area contributed by atoms with Gasteiger partial charge in [-0.3, -0.25) is 9.59 Å². The van der Waals surface area contributed by atoms with E-state index in [1.54, 1.807) is 11.0 Å². The Bertz CT molecular complexity index is 783. The number of fused-ring (bicyclic) bond motifs is 1. The largest absolute Gasteiger partial charge is 0.351 e. The molecule has 0 radical (unpaired) electrons. The number of H-pyrrole nitrogens is 1. The van der Waals surface area contributed by atoms with Crippen LogP contribution in [0.2, 0.25) is 5.02 Å². The quantitative estimate of drug-likeness (QED) is 0.861. The summed E-state index contributed by atoms with van der Waals surface area (Å²) in [7, 11) is 0. The SMILES string of the molecule is CC(C)(C)C(=O)N1CCN(C(=O)c2cc3cc(Cl)ccc3[nH]2)CC1. The number of piperazine rings is 1. The number of carbonyl (C=O) groups is 2. The van der Waals surface area contributed by atoms with Crippen LogP contribution in [0.5, 0.6) is 0 Å². The average molecular weight is 348 g/mol. The molecular weight excluding hydrogens is 326 g/mol. The Balaban J connectivity index is 1.69. The van der Waals surface area contributed by atoms with E-state index in [4.69, 9.17) is 11.6 Å². The minimum absolute atomic E-state index is 0.0369. The second-order valence-electron chi connectivity index (χ2n) is 7.25. The van der Waals surface area contributed by atoms with Crippen LogP contribution in [0.4, 0.5) is 0 Å². The number of nitrogens with one attached hydrogen (secondary N) is 1. The molecule has 1 aliphatic heterocycles. The molecule has 0 unspecified atom stereocenters. The van der Waals surface area contributed by atoms with Crippen LogP contribution in [0.25, 0.3) is 10.9 Å². The summed E-state index contributed by atoms with van der Waals surface area (Å²) in [5.74, 6) is 0.0973. The van der Waals surface area contributed by atoms with Gasteiger partial charge in [0.15, 0.2) is 0 Å². The van der Waals surface area contributed by atoms with Crippen LogP contribution in [-0.2, 0) is 4.79 Å². The summed E-state index contributed by atoms with van der Waals surface area (Å²) in [5, 5.41) is 1.57. The van der Waals surface area contributed by atoms with Crippen LogP contribution in [0.3, 0.4) is 0 Å². The highest BCUT2D eigenvalue weighted by Gasteiger charge is 2.31. The second-order valence-corrected chi connectivity index (χ2v) is 7.69. The molecule has 1 aromatic heterocycles. The van der Waals surface area contributed by atoms with Crippen molar-refractivity contribution >= 4 is 34.3 Å². The van der Waals surface area contributed by atoms with Gasteiger partial charge in [0.2, 0.25) is 5.91 Å². The predicted molar refractivity (Wildman–Crippen MR) is 95.2 cm³/mol. The minimum Gasteiger partial charge on any atom is -0.351 e. The maximum atomic E-state index is 12.7. The van der Waals surface area contributed by atoms with E-state index in [0.717, 1.165) is 10.9 Å². The van der Waals surface area contributed by atoms with Crippen molar-refractivity contribution in [3.05, 3.63) is 35.0 Å². The van der Waals surface area contributed by atoms with E-state index in [-0.39, 0.29) is 17.2 Å². The molecule has 0 atom stereocenters. The predicted octanol–water partition coefficient (Wildman–Crippen LogP) is 3.15. The topological polar surface area (TPSA) is 56.4 Å². The van der Waals surface area contributed by atoms with E-state index >= 15 is 0 Å². The van der Waals surface area contributed by atoms with Crippen LogP contribution in [-0.4, -0.2) is 52.8 Å². The first-order chi connectivity index (χ1) is 11.3. The number of rotatable bonds is 1. The lowest BCUT2D eigenvalue weighted by Gasteiger charge is -2.37. The van der Waals surface area contributed by atoms with E-state index < -0.39 is 0 Å². The Morgan fingerprint density at radius 1 is 1.04 bits per heavy atom. The number of nitrogens with zero attached hydrogens (tertiary/aromatic N) is 2. The van der Waals surface area contributed by atoms with Crippen molar-refractivity contribution < 1.29 is 9.59 Å². The maximum Gasteiger partial charge on any atom is 0.270 e. The Labute approximate surface area is 146 Å². The smallest absolute Gasteiger partial charge is 0.270 e. The molecule has 1 N–H and O–H groups in total. The molecule has 128 valence electrons. The van der Waals surface area contributed by atoms with Gasteiger partial charge in [-0.1, -0.05) is 32.4 Å². The van der Waals surface area contributed by atoms with Crippen molar-refractivity contribution in [2.24, 2.45) is 5.41 Å². The van der Waals surface area contributed by atoms with E-state index in [0.29, 0.717) is 36.9 Å². The third-order valence-corrected chi connectivity index (χ3v) is 4.54. The Morgan fingerprint density at radius 2 is 1.67 bits per heavy atom. The molecule has 1 saturated heterocycles. The first kappa shape index (κ1) is 16.8. The molecule has 1 fully saturated rings. The summed E-state index contributed by atoms with van der Waals surface area (Å²) in [6.07, 6.45) is 0. The number of aromatic nitrogens is 1. The summed E-state index contributed by atoms with van der Waals surface area (Å²) in [6, 6.07) is 7.33. The van der Waals surface area contributed by atoms with Gasteiger partial charge in [0.1, 0.15) is 5.69 Å². The minimum atomic E-state index is -0.386. The summed E-state index contributed by atoms with van der Waals surface area (Å²) in [5.41, 5.74) is 1.06. The van der Waals surface area contributed by atoms with Crippen molar-refractivity contribution in [3.8, 4) is 0 Å². The molecule has 0 spiro atoms. The van der Waals surface area contributed by atoms with Gasteiger partial charge in [0, 0.05) is 47.5 Å². The normalized spacial score (nSPS) is 15.8. The molecule has 0 bridgehead atoms. The second kappa shape index (κ2) is 6.13. The molecular formula is C18H22ClN3O2. The van der Waals surface area contributed by atoms with Gasteiger partial charge in [-0.05, 0) is 24.3 Å². The van der Waals surface area contributed by atoms with Gasteiger partial charge in [-0.2, -0.15) is 0 Å². The molecule has 2 amide bonds. The van der Waals surface area contributed by atoms with Crippen LogP contribution >= 0.6 is 11.6 Å². The average Bonchev–Trinajstić information content (AvgIpc) is 2.95. The number of benzene rings is 1. The van der Waals surface area contributed by atoms with Crippen molar-refractivity contribution in [2.45, 2.75) is 20.8 Å². The zero-order valence-electron chi connectivity index (χ0n) is 14.2. The van der Waals surface area contributed by atoms with Crippen molar-refractivity contribution in [3.63, 3.8) is 0 Å². The Morgan fingerprint density at radius 3 is 2.29 bits per heavy atom. The van der Waals surface area contributed by atoms with Crippen LogP contribution < -0.4 is 0 Å². The molecule has 2 aromatic rings. The molecule has 0 aliphatic carbocycles. The Hall–Kier alpha value is -2.01. The van der Waals surface area contributed by atoms with Crippen molar-refractivity contribution in [2.75, 3.05) is 26.2 Å². The standard InChI is InChI=1S/C18H22ClN3O2/c1-18(2,3)17(24)22-8-6-21(7-9-22)16(23)15-11-12-10-13(19)4-5-14(12)20-15/h4-5,10-11,20H,6-9H2,1-3H3. The van der Waals surface area contributed by atoms with Crippen molar-refractivity contribution in [1.29, 1.82) is 0 Å². The molecule has 1 aliphatic rings. The fraction of sp³-hybridized carbons (Fsp3) is 0.444. The van der Waals surface area contributed by atoms with Gasteiger partial charge in [0.25, 0.3) is 5.91 Å². The monoisotopic (exact) mass is 347 g/mol. The zero-order chi connectivity index (χ0) is 17.5. The number of hydrogen-bond acceptors (Lipinski definition) is 2. The highest BCUT2D eigenvalue weighted by Crippen LogP contribution is 2.22. The van der Waals surface area contributed by atoms with Gasteiger partial charge < -0.3 is 14.8 Å². The lowest BCUT2D eigenvalue weighted by molar-refractivity contribution is -0.140. The molecule has 1 aromatic carbocycles. The number of halogens is 1. The summed E-state index contributed by atoms with van der Waals surface area (Å²) in [4.78, 5) is 31.8. The summed E-state index contributed by atoms with van der Waals surface area (Å²) >= 11 is 5.99. The van der Waals surface area contributed by atoms with E-state index in [1.165, 1.54) is 0 Å². The molecule has 3 rings (SSSR count). The highest BCUT2D eigenvalue weighted by atomic mass is 35.5. The number of aromatic amines is 1. The molecule has 24 heavy (non-hydrogen) atoms. The van der Waals surface area contributed by atoms with Crippen LogP contribution in [0.15, 0.2) is 24.3 Å². The van der Waals surface area contributed by atoms with Crippen LogP contribution in [0, 0.1) is 5.41 Å². The lowest BCUT2D eigenvalue weighted by Crippen LogP contribution is -2.53. The fourth-order valence-corrected chi connectivity index (χ4v) is 3.16. The summed E-state index contributed by atoms with van der Waals surface area (Å²) < 4.78 is 0. The van der Waals surface area contributed by atoms with E-state index in [9.17, 15) is 9.59 Å². The number of amides is 2. The van der Waals surface area contributed by atoms with Gasteiger partial charge in [0.05, 0.1) is 0 Å². The number of carbonyl (C=O) groups excluding carboxylic acids is 2. The highest BCUT2D eigenvalue weighted by molar-refractivity contribution is 6.31. The third kappa shape index (κ3) is 3.26. The molecule has 6 heteroatoms. The van der Waals surface area contributed by atoms with E-state index in [1.807, 2.05) is 43.9 Å². The maximum absolute atomic E-state index is 12.7. The zero-order valence-corrected chi connectivity index (χ0v) is 15.0. The molecule has 0 saturated carbocycles. The lowest BCUT2D eigenvalue weighted by atomic mass is 9.94. The number of hydrogen-bond donors (Lipinski definition) is 1. The Kier molecular flexibility index (Phi) is 4.30. The summed E-state index contributed by atoms with van der Waals surface area (Å²) in [6.45, 7) is 8.02. The molecule has 5 nitrogen and oxygen atoms in total. The van der Waals surface area contributed by atoms with Crippen molar-refractivity contribution in [1.82, 2.24) is 14.8 Å². The fourth-order valence-electron chi connectivity index (χ4n) is 2.98.